The van der Waals surface area contributed by atoms with Gasteiger partial charge in [-0.2, -0.15) is 0 Å². The van der Waals surface area contributed by atoms with Gasteiger partial charge >= 0.3 is 5.97 Å². The molecular weight excluding hydrogens is 228 g/mol. The second-order valence-electron chi connectivity index (χ2n) is 5.21. The fourth-order valence-corrected chi connectivity index (χ4v) is 3.01. The Morgan fingerprint density at radius 3 is 2.67 bits per heavy atom. The Labute approximate surface area is 107 Å². The molecule has 18 heavy (non-hydrogen) atoms. The van der Waals surface area contributed by atoms with E-state index >= 15 is 0 Å². The predicted molar refractivity (Wildman–Crippen MR) is 69.5 cm³/mol. The van der Waals surface area contributed by atoms with Gasteiger partial charge in [-0.15, -0.1) is 0 Å². The number of carbonyl (C=O) groups is 1. The summed E-state index contributed by atoms with van der Waals surface area (Å²) in [6, 6.07) is 9.97. The minimum atomic E-state index is -0.849. The maximum atomic E-state index is 10.8. The van der Waals surface area contributed by atoms with E-state index in [1.54, 1.807) is 0 Å². The molecule has 1 aromatic carbocycles. The number of carboxylic acid groups (broad SMARTS) is 1. The Morgan fingerprint density at radius 1 is 1.28 bits per heavy atom. The summed E-state index contributed by atoms with van der Waals surface area (Å²) in [7, 11) is 0. The number of rotatable bonds is 4. The molecule has 2 rings (SSSR count). The lowest BCUT2D eigenvalue weighted by Crippen LogP contribution is -2.39. The highest BCUT2D eigenvalue weighted by molar-refractivity contribution is 5.66. The molecule has 0 heterocycles. The molecule has 1 aromatic rings. The van der Waals surface area contributed by atoms with Crippen molar-refractivity contribution in [2.75, 3.05) is 0 Å². The van der Waals surface area contributed by atoms with Gasteiger partial charge in [0.1, 0.15) is 0 Å². The molecule has 2 unspecified atom stereocenters. The van der Waals surface area contributed by atoms with Crippen LogP contribution in [0.4, 0.5) is 0 Å². The summed E-state index contributed by atoms with van der Waals surface area (Å²) in [5, 5.41) is 19.6. The summed E-state index contributed by atoms with van der Waals surface area (Å²) in [4.78, 5) is 10.7. The zero-order chi connectivity index (χ0) is 13.0. The largest absolute Gasteiger partial charge is 0.481 e. The van der Waals surface area contributed by atoms with Crippen molar-refractivity contribution >= 4 is 5.97 Å². The number of aliphatic hydroxyl groups is 1. The lowest BCUT2D eigenvalue weighted by atomic mass is 9.70. The standard InChI is InChI=1S/C15H20O3/c16-14(17)9-11-15(18)10-5-4-8-13(15)12-6-2-1-3-7-12/h1-3,6-7,13,18H,4-5,8-11H2,(H,16,17). The Bertz CT molecular complexity index is 401. The van der Waals surface area contributed by atoms with E-state index in [1.807, 2.05) is 30.3 Å². The second-order valence-corrected chi connectivity index (χ2v) is 5.21. The van der Waals surface area contributed by atoms with Gasteiger partial charge in [-0.3, -0.25) is 4.79 Å². The average Bonchev–Trinajstić information content (AvgIpc) is 2.38. The van der Waals surface area contributed by atoms with Gasteiger partial charge in [0.15, 0.2) is 0 Å². The molecule has 1 fully saturated rings. The summed E-state index contributed by atoms with van der Waals surface area (Å²) < 4.78 is 0. The highest BCUT2D eigenvalue weighted by atomic mass is 16.4. The smallest absolute Gasteiger partial charge is 0.303 e. The maximum Gasteiger partial charge on any atom is 0.303 e. The zero-order valence-corrected chi connectivity index (χ0v) is 10.5. The van der Waals surface area contributed by atoms with Gasteiger partial charge in [0.05, 0.1) is 5.60 Å². The van der Waals surface area contributed by atoms with Crippen LogP contribution < -0.4 is 0 Å². The van der Waals surface area contributed by atoms with Crippen molar-refractivity contribution in [3.8, 4) is 0 Å². The Morgan fingerprint density at radius 2 is 2.00 bits per heavy atom. The van der Waals surface area contributed by atoms with Gasteiger partial charge < -0.3 is 10.2 Å². The third-order valence-corrected chi connectivity index (χ3v) is 3.97. The molecule has 2 atom stereocenters. The first kappa shape index (κ1) is 13.1. The zero-order valence-electron chi connectivity index (χ0n) is 10.5. The van der Waals surface area contributed by atoms with Crippen LogP contribution in [0.15, 0.2) is 30.3 Å². The SMILES string of the molecule is O=C(O)CCC1(O)CCCCC1c1ccccc1. The van der Waals surface area contributed by atoms with Crippen LogP contribution in [0.5, 0.6) is 0 Å². The topological polar surface area (TPSA) is 57.5 Å². The first-order valence-corrected chi connectivity index (χ1v) is 6.61. The van der Waals surface area contributed by atoms with E-state index in [0.29, 0.717) is 12.8 Å². The number of hydrogen-bond donors (Lipinski definition) is 2. The summed E-state index contributed by atoms with van der Waals surface area (Å²) in [6.07, 6.45) is 4.14. The molecule has 1 aliphatic carbocycles. The maximum absolute atomic E-state index is 10.8. The fourth-order valence-electron chi connectivity index (χ4n) is 3.01. The summed E-state index contributed by atoms with van der Waals surface area (Å²) in [5.74, 6) is -0.757. The van der Waals surface area contributed by atoms with Crippen molar-refractivity contribution in [2.45, 2.75) is 50.0 Å². The molecule has 3 nitrogen and oxygen atoms in total. The van der Waals surface area contributed by atoms with Crippen molar-refractivity contribution < 1.29 is 15.0 Å². The van der Waals surface area contributed by atoms with E-state index in [1.165, 1.54) is 0 Å². The van der Waals surface area contributed by atoms with Crippen LogP contribution in [0.1, 0.15) is 50.0 Å². The molecular formula is C15H20O3. The quantitative estimate of drug-likeness (QED) is 0.861. The monoisotopic (exact) mass is 248 g/mol. The van der Waals surface area contributed by atoms with Crippen molar-refractivity contribution in [3.63, 3.8) is 0 Å². The van der Waals surface area contributed by atoms with Crippen LogP contribution in [0.25, 0.3) is 0 Å². The van der Waals surface area contributed by atoms with Gasteiger partial charge in [-0.05, 0) is 24.8 Å². The minimum Gasteiger partial charge on any atom is -0.481 e. The highest BCUT2D eigenvalue weighted by Gasteiger charge is 2.39. The Hall–Kier alpha value is -1.35. The molecule has 0 aliphatic heterocycles. The van der Waals surface area contributed by atoms with E-state index in [9.17, 15) is 9.90 Å². The number of hydrogen-bond acceptors (Lipinski definition) is 2. The van der Waals surface area contributed by atoms with E-state index in [4.69, 9.17) is 5.11 Å². The molecule has 0 amide bonds. The second kappa shape index (κ2) is 5.53. The molecule has 2 N–H and O–H groups in total. The highest BCUT2D eigenvalue weighted by Crippen LogP contribution is 2.43. The van der Waals surface area contributed by atoms with Gasteiger partial charge in [-0.25, -0.2) is 0 Å². The third kappa shape index (κ3) is 2.91. The molecule has 0 aromatic heterocycles. The van der Waals surface area contributed by atoms with Crippen molar-refractivity contribution in [3.05, 3.63) is 35.9 Å². The van der Waals surface area contributed by atoms with Crippen molar-refractivity contribution in [1.82, 2.24) is 0 Å². The van der Waals surface area contributed by atoms with Crippen LogP contribution >= 0.6 is 0 Å². The van der Waals surface area contributed by atoms with Crippen LogP contribution in [0.3, 0.4) is 0 Å². The van der Waals surface area contributed by atoms with Crippen LogP contribution in [-0.4, -0.2) is 21.8 Å². The van der Waals surface area contributed by atoms with Crippen LogP contribution in [0.2, 0.25) is 0 Å². The summed E-state index contributed by atoms with van der Waals surface area (Å²) >= 11 is 0. The molecule has 0 spiro atoms. The third-order valence-electron chi connectivity index (χ3n) is 3.97. The first-order chi connectivity index (χ1) is 8.62. The number of carboxylic acids is 1. The van der Waals surface area contributed by atoms with E-state index < -0.39 is 11.6 Å². The molecule has 1 aliphatic rings. The lowest BCUT2D eigenvalue weighted by Gasteiger charge is -2.40. The van der Waals surface area contributed by atoms with Crippen LogP contribution in [-0.2, 0) is 4.79 Å². The number of aliphatic carboxylic acids is 1. The summed E-state index contributed by atoms with van der Waals surface area (Å²) in [5.41, 5.74) is 0.280. The Balaban J connectivity index is 2.17. The first-order valence-electron chi connectivity index (χ1n) is 6.61. The molecule has 0 saturated heterocycles. The number of benzene rings is 1. The molecule has 0 radical (unpaired) electrons. The normalized spacial score (nSPS) is 27.9. The van der Waals surface area contributed by atoms with Gasteiger partial charge in [0, 0.05) is 12.3 Å². The molecule has 1 saturated carbocycles. The van der Waals surface area contributed by atoms with E-state index in [2.05, 4.69) is 0 Å². The lowest BCUT2D eigenvalue weighted by molar-refractivity contribution is -0.139. The molecule has 0 bridgehead atoms. The Kier molecular flexibility index (Phi) is 4.02. The van der Waals surface area contributed by atoms with E-state index in [0.717, 1.165) is 24.8 Å². The van der Waals surface area contributed by atoms with Crippen molar-refractivity contribution in [1.29, 1.82) is 0 Å². The average molecular weight is 248 g/mol. The minimum absolute atomic E-state index is 0.0415. The van der Waals surface area contributed by atoms with E-state index in [-0.39, 0.29) is 12.3 Å². The molecule has 98 valence electrons. The van der Waals surface area contributed by atoms with Gasteiger partial charge in [0.2, 0.25) is 0 Å². The summed E-state index contributed by atoms with van der Waals surface area (Å²) in [6.45, 7) is 0. The van der Waals surface area contributed by atoms with Crippen LogP contribution in [0, 0.1) is 0 Å². The molecule has 3 heteroatoms. The van der Waals surface area contributed by atoms with Gasteiger partial charge in [-0.1, -0.05) is 43.2 Å². The fraction of sp³-hybridized carbons (Fsp3) is 0.533. The predicted octanol–water partition coefficient (Wildman–Crippen LogP) is 2.94. The van der Waals surface area contributed by atoms with Gasteiger partial charge in [0.25, 0.3) is 0 Å². The van der Waals surface area contributed by atoms with Crippen molar-refractivity contribution in [2.24, 2.45) is 0 Å².